The van der Waals surface area contributed by atoms with Crippen LogP contribution in [0, 0.1) is 5.82 Å². The third-order valence-corrected chi connectivity index (χ3v) is 5.47. The van der Waals surface area contributed by atoms with Crippen LogP contribution in [0.4, 0.5) is 10.1 Å². The molecule has 0 fully saturated rings. The molecule has 2 aromatic heterocycles. The third kappa shape index (κ3) is 4.49. The number of nitrogens with zero attached hydrogens (tertiary/aromatic N) is 4. The summed E-state index contributed by atoms with van der Waals surface area (Å²) < 4.78 is 14.8. The van der Waals surface area contributed by atoms with Gasteiger partial charge in [-0.15, -0.1) is 10.2 Å². The van der Waals surface area contributed by atoms with Gasteiger partial charge in [-0.1, -0.05) is 37.7 Å². The predicted octanol–water partition coefficient (Wildman–Crippen LogP) is 4.78. The molecule has 0 bridgehead atoms. The number of halogens is 1. The van der Waals surface area contributed by atoms with Crippen LogP contribution in [0.25, 0.3) is 17.0 Å². The first-order valence-electron chi connectivity index (χ1n) is 9.50. The molecule has 2 aromatic carbocycles. The molecule has 0 aliphatic rings. The summed E-state index contributed by atoms with van der Waals surface area (Å²) in [5, 5.41) is 16.3. The zero-order chi connectivity index (χ0) is 21.1. The zero-order valence-corrected chi connectivity index (χ0v) is 17.4. The van der Waals surface area contributed by atoms with Gasteiger partial charge in [-0.2, -0.15) is 9.61 Å². The summed E-state index contributed by atoms with van der Waals surface area (Å²) in [4.78, 5) is 12.3. The Hall–Kier alpha value is -3.26. The maximum absolute atomic E-state index is 13.2. The molecule has 1 amide bonds. The predicted molar refractivity (Wildman–Crippen MR) is 116 cm³/mol. The van der Waals surface area contributed by atoms with Crippen molar-refractivity contribution in [3.8, 4) is 11.4 Å². The van der Waals surface area contributed by atoms with E-state index in [1.165, 1.54) is 29.5 Å². The van der Waals surface area contributed by atoms with E-state index in [4.69, 9.17) is 0 Å². The number of carbonyl (C=O) groups excluding carboxylic acids is 1. The number of fused-ring (bicyclic) bond motifs is 1. The molecule has 0 aliphatic carbocycles. The number of benzene rings is 2. The Balaban J connectivity index is 1.44. The molecule has 0 saturated carbocycles. The molecule has 6 nitrogen and oxygen atoms in total. The SMILES string of the molecule is CC(C)c1ccc(NC(=O)CSc2ccc3nnc(-c4ccc(F)cc4)n3n2)cc1. The lowest BCUT2D eigenvalue weighted by atomic mass is 10.0. The normalized spacial score (nSPS) is 11.2. The lowest BCUT2D eigenvalue weighted by Crippen LogP contribution is -2.14. The second-order valence-electron chi connectivity index (χ2n) is 7.09. The number of amides is 1. The molecule has 0 aliphatic heterocycles. The molecule has 2 heterocycles. The van der Waals surface area contributed by atoms with Gasteiger partial charge in [-0.25, -0.2) is 4.39 Å². The average molecular weight is 422 g/mol. The Kier molecular flexibility index (Phi) is 5.76. The van der Waals surface area contributed by atoms with Gasteiger partial charge in [0.2, 0.25) is 5.91 Å². The van der Waals surface area contributed by atoms with Crippen LogP contribution in [0.5, 0.6) is 0 Å². The van der Waals surface area contributed by atoms with Gasteiger partial charge in [-0.05, 0) is 60.0 Å². The highest BCUT2D eigenvalue weighted by atomic mass is 32.2. The quantitative estimate of drug-likeness (QED) is 0.454. The maximum Gasteiger partial charge on any atom is 0.234 e. The molecular formula is C22H20FN5OS. The monoisotopic (exact) mass is 421 g/mol. The van der Waals surface area contributed by atoms with Gasteiger partial charge in [0, 0.05) is 11.3 Å². The summed E-state index contributed by atoms with van der Waals surface area (Å²) in [6.45, 7) is 4.26. The van der Waals surface area contributed by atoms with Gasteiger partial charge in [0.1, 0.15) is 10.8 Å². The second-order valence-corrected chi connectivity index (χ2v) is 8.08. The lowest BCUT2D eigenvalue weighted by Gasteiger charge is -2.08. The van der Waals surface area contributed by atoms with Crippen LogP contribution in [0.15, 0.2) is 65.7 Å². The standard InChI is InChI=1S/C22H20FN5OS/c1-14(2)15-5-9-18(10-6-15)24-20(29)13-30-21-12-11-19-25-26-22(28(19)27-21)16-3-7-17(23)8-4-16/h3-12,14H,13H2,1-2H3,(H,24,29). The Morgan fingerprint density at radius 3 is 2.47 bits per heavy atom. The molecule has 1 N–H and O–H groups in total. The van der Waals surface area contributed by atoms with E-state index in [0.29, 0.717) is 28.0 Å². The van der Waals surface area contributed by atoms with Crippen molar-refractivity contribution in [2.75, 3.05) is 11.1 Å². The van der Waals surface area contributed by atoms with Gasteiger partial charge in [0.25, 0.3) is 0 Å². The highest BCUT2D eigenvalue weighted by Gasteiger charge is 2.12. The molecule has 152 valence electrons. The molecule has 0 unspecified atom stereocenters. The zero-order valence-electron chi connectivity index (χ0n) is 16.5. The summed E-state index contributed by atoms with van der Waals surface area (Å²) in [7, 11) is 0. The van der Waals surface area contributed by atoms with E-state index >= 15 is 0 Å². The van der Waals surface area contributed by atoms with Gasteiger partial charge in [0.15, 0.2) is 11.5 Å². The fourth-order valence-corrected chi connectivity index (χ4v) is 3.57. The van der Waals surface area contributed by atoms with Crippen molar-refractivity contribution >= 4 is 29.0 Å². The molecule has 30 heavy (non-hydrogen) atoms. The number of anilines is 1. The minimum atomic E-state index is -0.318. The largest absolute Gasteiger partial charge is 0.325 e. The number of carbonyl (C=O) groups is 1. The number of hydrogen-bond acceptors (Lipinski definition) is 5. The minimum absolute atomic E-state index is 0.110. The Morgan fingerprint density at radius 1 is 1.03 bits per heavy atom. The van der Waals surface area contributed by atoms with Crippen molar-refractivity contribution in [1.82, 2.24) is 19.8 Å². The molecule has 4 rings (SSSR count). The Morgan fingerprint density at radius 2 is 1.77 bits per heavy atom. The topological polar surface area (TPSA) is 72.2 Å². The summed E-state index contributed by atoms with van der Waals surface area (Å²) in [5.41, 5.74) is 3.28. The first-order chi connectivity index (χ1) is 14.5. The summed E-state index contributed by atoms with van der Waals surface area (Å²) in [6, 6.07) is 17.4. The lowest BCUT2D eigenvalue weighted by molar-refractivity contribution is -0.113. The van der Waals surface area contributed by atoms with Gasteiger partial charge in [0.05, 0.1) is 5.75 Å². The number of thioether (sulfide) groups is 1. The molecule has 0 saturated heterocycles. The summed E-state index contributed by atoms with van der Waals surface area (Å²) in [5.74, 6) is 0.757. The van der Waals surface area contributed by atoms with Crippen molar-refractivity contribution in [2.24, 2.45) is 0 Å². The molecular weight excluding hydrogens is 401 g/mol. The van der Waals surface area contributed by atoms with E-state index in [1.807, 2.05) is 24.3 Å². The average Bonchev–Trinajstić information content (AvgIpc) is 3.16. The summed E-state index contributed by atoms with van der Waals surface area (Å²) in [6.07, 6.45) is 0. The van der Waals surface area contributed by atoms with Crippen molar-refractivity contribution in [2.45, 2.75) is 24.8 Å². The minimum Gasteiger partial charge on any atom is -0.325 e. The fourth-order valence-electron chi connectivity index (χ4n) is 2.92. The van der Waals surface area contributed by atoms with Crippen LogP contribution in [0.2, 0.25) is 0 Å². The highest BCUT2D eigenvalue weighted by Crippen LogP contribution is 2.22. The molecule has 0 atom stereocenters. The molecule has 0 radical (unpaired) electrons. The van der Waals surface area contributed by atoms with Gasteiger partial charge in [-0.3, -0.25) is 4.79 Å². The maximum atomic E-state index is 13.2. The van der Waals surface area contributed by atoms with Crippen LogP contribution in [0.1, 0.15) is 25.3 Å². The van der Waals surface area contributed by atoms with Crippen molar-refractivity contribution in [3.63, 3.8) is 0 Å². The molecule has 8 heteroatoms. The number of nitrogens with one attached hydrogen (secondary N) is 1. The first kappa shape index (κ1) is 20.0. The molecule has 4 aromatic rings. The second kappa shape index (κ2) is 8.62. The summed E-state index contributed by atoms with van der Waals surface area (Å²) >= 11 is 1.32. The van der Waals surface area contributed by atoms with E-state index in [0.717, 1.165) is 5.69 Å². The number of aromatic nitrogens is 4. The molecule has 0 spiro atoms. The van der Waals surface area contributed by atoms with E-state index < -0.39 is 0 Å². The van der Waals surface area contributed by atoms with E-state index in [1.54, 1.807) is 28.8 Å². The van der Waals surface area contributed by atoms with Crippen molar-refractivity contribution in [3.05, 3.63) is 72.0 Å². The van der Waals surface area contributed by atoms with Crippen LogP contribution >= 0.6 is 11.8 Å². The van der Waals surface area contributed by atoms with E-state index in [9.17, 15) is 9.18 Å². The van der Waals surface area contributed by atoms with Crippen LogP contribution in [-0.4, -0.2) is 31.5 Å². The van der Waals surface area contributed by atoms with Gasteiger partial charge >= 0.3 is 0 Å². The Labute approximate surface area is 177 Å². The van der Waals surface area contributed by atoms with Crippen molar-refractivity contribution in [1.29, 1.82) is 0 Å². The van der Waals surface area contributed by atoms with Crippen LogP contribution in [0.3, 0.4) is 0 Å². The Bertz CT molecular complexity index is 1170. The third-order valence-electron chi connectivity index (χ3n) is 4.55. The van der Waals surface area contributed by atoms with Crippen LogP contribution in [-0.2, 0) is 4.79 Å². The highest BCUT2D eigenvalue weighted by molar-refractivity contribution is 7.99. The van der Waals surface area contributed by atoms with Crippen LogP contribution < -0.4 is 5.32 Å². The fraction of sp³-hybridized carbons (Fsp3) is 0.182. The smallest absolute Gasteiger partial charge is 0.234 e. The van der Waals surface area contributed by atoms with Gasteiger partial charge < -0.3 is 5.32 Å². The van der Waals surface area contributed by atoms with E-state index in [2.05, 4.69) is 34.5 Å². The number of hydrogen-bond donors (Lipinski definition) is 1. The number of rotatable bonds is 6. The van der Waals surface area contributed by atoms with E-state index in [-0.39, 0.29) is 17.5 Å². The van der Waals surface area contributed by atoms with Crippen molar-refractivity contribution < 1.29 is 9.18 Å². The first-order valence-corrected chi connectivity index (χ1v) is 10.5.